The first kappa shape index (κ1) is 36.2. The van der Waals surface area contributed by atoms with Gasteiger partial charge in [0, 0.05) is 67.9 Å². The van der Waals surface area contributed by atoms with Gasteiger partial charge in [-0.1, -0.05) is 23.8 Å². The molecule has 0 atom stereocenters. The van der Waals surface area contributed by atoms with Crippen molar-refractivity contribution in [2.75, 3.05) is 34.2 Å². The van der Waals surface area contributed by atoms with Crippen LogP contribution in [-0.2, 0) is 50.4 Å². The SMILES string of the molecule is Cc1ccc2c(c1)c(CCN(C)C)cn2COP(=O)(OCOC(=O)C1=CN(C(C)C)C=CC1)OCOC(=O)C1=CN(C(C)C)C=CC1. The summed E-state index contributed by atoms with van der Waals surface area (Å²) < 4.78 is 42.9. The topological polar surface area (TPSA) is 112 Å². The van der Waals surface area contributed by atoms with Gasteiger partial charge in [-0.15, -0.1) is 0 Å². The number of benzene rings is 1. The van der Waals surface area contributed by atoms with Crippen molar-refractivity contribution in [2.24, 2.45) is 0 Å². The number of hydrogen-bond acceptors (Lipinski definition) is 11. The molecule has 0 aliphatic carbocycles. The Hall–Kier alpha value is -3.67. The number of phosphoric acid groups is 1. The van der Waals surface area contributed by atoms with E-state index in [1.165, 1.54) is 0 Å². The molecule has 0 saturated heterocycles. The molecule has 0 bridgehead atoms. The van der Waals surface area contributed by atoms with Crippen molar-refractivity contribution >= 4 is 30.7 Å². The first-order valence-electron chi connectivity index (χ1n) is 15.8. The molecular formula is C34H47N4O8P. The normalized spacial score (nSPS) is 15.2. The highest BCUT2D eigenvalue weighted by Gasteiger charge is 2.30. The summed E-state index contributed by atoms with van der Waals surface area (Å²) in [5.41, 5.74) is 3.94. The number of phosphoric ester groups is 1. The van der Waals surface area contributed by atoms with Crippen molar-refractivity contribution in [2.45, 2.75) is 72.7 Å². The summed E-state index contributed by atoms with van der Waals surface area (Å²) in [6.45, 7) is 9.27. The van der Waals surface area contributed by atoms with Crippen LogP contribution in [0.2, 0.25) is 0 Å². The second-order valence-electron chi connectivity index (χ2n) is 12.3. The average molecular weight is 671 g/mol. The van der Waals surface area contributed by atoms with E-state index < -0.39 is 33.3 Å². The van der Waals surface area contributed by atoms with Gasteiger partial charge < -0.3 is 28.7 Å². The number of ether oxygens (including phenoxy) is 2. The van der Waals surface area contributed by atoms with Crippen LogP contribution < -0.4 is 0 Å². The number of hydrogen-bond donors (Lipinski definition) is 0. The third-order valence-corrected chi connectivity index (χ3v) is 8.94. The summed E-state index contributed by atoms with van der Waals surface area (Å²) in [7, 11) is -0.382. The Morgan fingerprint density at radius 2 is 1.43 bits per heavy atom. The van der Waals surface area contributed by atoms with Gasteiger partial charge in [0.25, 0.3) is 0 Å². The van der Waals surface area contributed by atoms with E-state index in [2.05, 4.69) is 11.0 Å². The lowest BCUT2D eigenvalue weighted by molar-refractivity contribution is -0.149. The van der Waals surface area contributed by atoms with Gasteiger partial charge in [0.2, 0.25) is 13.6 Å². The maximum atomic E-state index is 13.9. The first-order valence-corrected chi connectivity index (χ1v) is 17.2. The monoisotopic (exact) mass is 670 g/mol. The van der Waals surface area contributed by atoms with E-state index in [0.717, 1.165) is 35.0 Å². The number of esters is 2. The van der Waals surface area contributed by atoms with Crippen LogP contribution in [0.4, 0.5) is 0 Å². The molecule has 12 nitrogen and oxygen atoms in total. The van der Waals surface area contributed by atoms with Crippen LogP contribution in [-0.4, -0.2) is 77.5 Å². The Morgan fingerprint density at radius 1 is 0.872 bits per heavy atom. The molecule has 0 radical (unpaired) electrons. The van der Waals surface area contributed by atoms with Crippen molar-refractivity contribution in [1.29, 1.82) is 0 Å². The molecule has 2 aromatic rings. The predicted molar refractivity (Wildman–Crippen MR) is 179 cm³/mol. The molecule has 1 aromatic heterocycles. The van der Waals surface area contributed by atoms with Crippen LogP contribution >= 0.6 is 7.82 Å². The molecular weight excluding hydrogens is 623 g/mol. The first-order chi connectivity index (χ1) is 22.3. The Kier molecular flexibility index (Phi) is 12.6. The number of nitrogens with zero attached hydrogens (tertiary/aromatic N) is 4. The zero-order valence-corrected chi connectivity index (χ0v) is 29.3. The molecule has 0 spiro atoms. The molecule has 0 saturated carbocycles. The van der Waals surface area contributed by atoms with Gasteiger partial charge in [0.05, 0.1) is 16.7 Å². The fourth-order valence-corrected chi connectivity index (χ4v) is 5.78. The molecule has 0 amide bonds. The summed E-state index contributed by atoms with van der Waals surface area (Å²) >= 11 is 0. The lowest BCUT2D eigenvalue weighted by atomic mass is 10.1. The highest BCUT2D eigenvalue weighted by molar-refractivity contribution is 7.48. The second kappa shape index (κ2) is 16.4. The van der Waals surface area contributed by atoms with E-state index in [0.29, 0.717) is 24.0 Å². The van der Waals surface area contributed by atoms with E-state index in [1.54, 1.807) is 12.4 Å². The Labute approximate surface area is 277 Å². The largest absolute Gasteiger partial charge is 0.482 e. The highest BCUT2D eigenvalue weighted by Crippen LogP contribution is 2.50. The standard InChI is InChI=1S/C34H47N4O8P/c1-25(2)36-15-8-10-29(20-36)33(39)42-23-45-47(41,46-24-43-34(40)30-11-9-16-37(21-30)26(3)4)44-22-38-19-28(14-17-35(6)7)31-18-27(5)12-13-32(31)38/h8-9,12-13,15-16,18-21,25-26H,10-11,14,17,22-24H2,1-7H3. The Bertz CT molecular complexity index is 1530. The predicted octanol–water partition coefficient (Wildman–Crippen LogP) is 6.19. The summed E-state index contributed by atoms with van der Waals surface area (Å²) in [5, 5.41) is 1.06. The van der Waals surface area contributed by atoms with Gasteiger partial charge in [0.15, 0.2) is 0 Å². The van der Waals surface area contributed by atoms with E-state index in [4.69, 9.17) is 23.0 Å². The molecule has 2 aliphatic heterocycles. The van der Waals surface area contributed by atoms with Crippen LogP contribution in [0.5, 0.6) is 0 Å². The van der Waals surface area contributed by atoms with Gasteiger partial charge in [0.1, 0.15) is 6.73 Å². The zero-order chi connectivity index (χ0) is 34.1. The number of rotatable bonds is 16. The minimum Gasteiger partial charge on any atom is -0.434 e. The molecule has 0 fully saturated rings. The number of aryl methyl sites for hydroxylation is 1. The zero-order valence-electron chi connectivity index (χ0n) is 28.4. The maximum Gasteiger partial charge on any atom is 0.482 e. The summed E-state index contributed by atoms with van der Waals surface area (Å²) in [4.78, 5) is 31.4. The summed E-state index contributed by atoms with van der Waals surface area (Å²) in [5.74, 6) is -1.25. The minimum atomic E-state index is -4.41. The van der Waals surface area contributed by atoms with Crippen molar-refractivity contribution in [1.82, 2.24) is 19.3 Å². The Morgan fingerprint density at radius 3 is 1.94 bits per heavy atom. The van der Waals surface area contributed by atoms with E-state index >= 15 is 0 Å². The fraction of sp³-hybridized carbons (Fsp3) is 0.471. The highest BCUT2D eigenvalue weighted by atomic mass is 31.2. The van der Waals surface area contributed by atoms with Crippen LogP contribution in [0.3, 0.4) is 0 Å². The third kappa shape index (κ3) is 10.2. The smallest absolute Gasteiger partial charge is 0.434 e. The van der Waals surface area contributed by atoms with E-state index in [-0.39, 0.29) is 18.8 Å². The minimum absolute atomic E-state index is 0.154. The van der Waals surface area contributed by atoms with Gasteiger partial charge in [-0.25, -0.2) is 23.2 Å². The molecule has 3 heterocycles. The molecule has 0 unspecified atom stereocenters. The van der Waals surface area contributed by atoms with Gasteiger partial charge in [-0.3, -0.25) is 4.52 Å². The lowest BCUT2D eigenvalue weighted by Crippen LogP contribution is -2.24. The number of aromatic nitrogens is 1. The number of likely N-dealkylation sites (N-methyl/N-ethyl adjacent to an activating group) is 1. The lowest BCUT2D eigenvalue weighted by Gasteiger charge is -2.25. The van der Waals surface area contributed by atoms with Crippen LogP contribution in [0.1, 0.15) is 51.7 Å². The van der Waals surface area contributed by atoms with E-state index in [9.17, 15) is 14.2 Å². The molecule has 0 N–H and O–H groups in total. The molecule has 47 heavy (non-hydrogen) atoms. The number of allylic oxidation sites excluding steroid dienone is 2. The second-order valence-corrected chi connectivity index (χ2v) is 14.0. The third-order valence-electron chi connectivity index (χ3n) is 7.66. The summed E-state index contributed by atoms with van der Waals surface area (Å²) in [6.07, 6.45) is 14.5. The maximum absolute atomic E-state index is 13.9. The molecule has 4 rings (SSSR count). The van der Waals surface area contributed by atoms with Gasteiger partial charge in [-0.05, 0) is 72.8 Å². The quantitative estimate of drug-likeness (QED) is 0.116. The Balaban J connectivity index is 1.46. The fourth-order valence-electron chi connectivity index (χ4n) is 4.92. The van der Waals surface area contributed by atoms with Crippen LogP contribution in [0.15, 0.2) is 72.5 Å². The van der Waals surface area contributed by atoms with Crippen molar-refractivity contribution in [3.8, 4) is 0 Å². The molecule has 13 heteroatoms. The number of fused-ring (bicyclic) bond motifs is 1. The van der Waals surface area contributed by atoms with Crippen molar-refractivity contribution in [3.63, 3.8) is 0 Å². The molecule has 256 valence electrons. The number of carbonyl (C=O) groups is 2. The van der Waals surface area contributed by atoms with Gasteiger partial charge >= 0.3 is 19.8 Å². The van der Waals surface area contributed by atoms with Crippen LogP contribution in [0, 0.1) is 6.92 Å². The summed E-state index contributed by atoms with van der Waals surface area (Å²) in [6, 6.07) is 6.38. The molecule has 2 aliphatic rings. The number of carbonyl (C=O) groups excluding carboxylic acids is 2. The molecule has 1 aromatic carbocycles. The van der Waals surface area contributed by atoms with Gasteiger partial charge in [-0.2, -0.15) is 0 Å². The van der Waals surface area contributed by atoms with Crippen LogP contribution in [0.25, 0.3) is 10.9 Å². The average Bonchev–Trinajstić information content (AvgIpc) is 3.39. The van der Waals surface area contributed by atoms with Crippen molar-refractivity contribution in [3.05, 3.63) is 83.6 Å². The van der Waals surface area contributed by atoms with Crippen molar-refractivity contribution < 1.29 is 37.2 Å². The van der Waals surface area contributed by atoms with E-state index in [1.807, 2.05) is 106 Å².